The number of likely N-dealkylation sites (N-methyl/N-ethyl adjacent to an activating group) is 2. The van der Waals surface area contributed by atoms with E-state index in [2.05, 4.69) is 31.9 Å². The molecule has 38 nitrogen and oxygen atoms in total. The van der Waals surface area contributed by atoms with Crippen LogP contribution in [0.15, 0.2) is 54.6 Å². The number of carboxylic acids is 2. The molecule has 0 aliphatic carbocycles. The van der Waals surface area contributed by atoms with E-state index in [1.54, 1.807) is 97.7 Å². The highest BCUT2D eigenvalue weighted by atomic mass is 16.7. The number of nitrogens with zero attached hydrogens (tertiary/aromatic N) is 4. The highest BCUT2D eigenvalue weighted by Gasteiger charge is 2.51. The van der Waals surface area contributed by atoms with Crippen LogP contribution in [0.1, 0.15) is 133 Å². The number of aliphatic hydroxyl groups is 6. The fraction of sp³-hybridized carbons (Fsp3) is 0.671. The Morgan fingerprint density at radius 1 is 0.658 bits per heavy atom. The largest absolute Gasteiger partial charge is 0.479 e. The Kier molecular flexibility index (Phi) is 34.9. The second-order valence-corrected chi connectivity index (χ2v) is 30.1. The van der Waals surface area contributed by atoms with Gasteiger partial charge in [0.05, 0.1) is 49.3 Å². The summed E-state index contributed by atoms with van der Waals surface area (Å²) in [6, 6.07) is 6.42. The number of imide groups is 1. The van der Waals surface area contributed by atoms with Gasteiger partial charge in [0.15, 0.2) is 24.8 Å². The summed E-state index contributed by atoms with van der Waals surface area (Å²) in [4.78, 5) is 179. The normalized spacial score (nSPS) is 25.4. The Labute approximate surface area is 662 Å². The SMILES string of the molecule is [3H]C1CC(=O)N(CC(=O)NCCC(=O)N[C@H](C(=O)N[C@@H](CO[C@@H]2O[C@H](C(=O)O)[C@@H](O)[C@H](O)[C@H]2O)C(=O)Nc2ccc(COC(=O)N(C)[C@H](C(=O)N[C@H](C(=O)N(C)[C@@H]([C@@H](C)CC)[C@@H](CC(=O)N3CCC[C@H]3[C@H](OC)[C@@H](C)C(=O)N[C@H](C)[C@@H](O[C@@H]3O[C@H](C(=O)O)[C@@H](O)[C@H](O)[C@H]3O)c3ccccc3)OC)C(C)C)C(C)C)cc2)C(C)C)C1=O. The standard InChI is InChI=1S/C76H114N10O28/c1-15-39(8)56(47(108-13)32-52(91)85-31-19-22-46(85)63(109-14)40(9)67(98)78-41(10)64(43-20-17-16-18-21-43)112-75-62(97)58(93)60(95)66(114-75)73(105)106)83(11)71(102)54(37(4)5)82-70(101)55(38(6)7)84(12)76(107)111-34-42-23-25-44(26-24-42)79-68(99)45(35-110-74-61(96)57(92)59(94)65(113-74)72(103)104)80-69(100)53(36(2)3)81-48(87)29-30-77-49(88)33-86-50(89)27-28-51(86)90/h16-18,20-21,23-26,36-41,45-47,53-66,74-75,92-97H,15,19,22,27-35H2,1-14H3,(H,77,88)(H,78,98)(H,79,99)(H,80,100)(H,81,87)(H,82,101)(H,103,104)(H,105,106)/t39-,40+,41+,45-,46-,47+,53-,54-,55-,56-,57-,58-,59-,60-,61+,62+,63+,64+,65-,66-,74+,75+/m0/s1/i27T/t27?,39-,40+,41+,45-,46-,47+,53-,54-,55-,56-,57-,58-,59-,60-,61+,62+,63+,64+,65-,66-,74+,75+. The van der Waals surface area contributed by atoms with Gasteiger partial charge in [-0.05, 0) is 66.7 Å². The lowest BCUT2D eigenvalue weighted by molar-refractivity contribution is -0.307. The molecule has 2 aromatic carbocycles. The zero-order valence-electron chi connectivity index (χ0n) is 67.5. The second kappa shape index (κ2) is 43.1. The van der Waals surface area contributed by atoms with Gasteiger partial charge in [0, 0.05) is 67.7 Å². The minimum Gasteiger partial charge on any atom is -0.479 e. The average Bonchev–Trinajstić information content (AvgIpc) is 1.66. The minimum absolute atomic E-state index is 0.0874. The molecular weight excluding hydrogens is 1500 g/mol. The lowest BCUT2D eigenvalue weighted by Gasteiger charge is -2.41. The molecule has 6 rings (SSSR count). The van der Waals surface area contributed by atoms with E-state index in [0.717, 1.165) is 4.90 Å². The molecule has 14 N–H and O–H groups in total. The highest BCUT2D eigenvalue weighted by molar-refractivity contribution is 6.04. The van der Waals surface area contributed by atoms with Crippen LogP contribution < -0.4 is 31.9 Å². The van der Waals surface area contributed by atoms with Crippen LogP contribution >= 0.6 is 0 Å². The molecule has 0 saturated carbocycles. The number of anilines is 1. The smallest absolute Gasteiger partial charge is 0.410 e. The summed E-state index contributed by atoms with van der Waals surface area (Å²) in [5, 5.41) is 98.2. The number of carbonyl (C=O) groups excluding carboxylic acids is 11. The molecule has 4 aliphatic rings. The molecule has 0 bridgehead atoms. The number of carbonyl (C=O) groups is 13. The molecule has 114 heavy (non-hydrogen) atoms. The van der Waals surface area contributed by atoms with Gasteiger partial charge in [0.25, 0.3) is 0 Å². The number of likely N-dealkylation sites (tertiary alicyclic amines) is 2. The van der Waals surface area contributed by atoms with Gasteiger partial charge in [-0.1, -0.05) is 111 Å². The topological polar surface area (TPSA) is 534 Å². The first-order valence-corrected chi connectivity index (χ1v) is 37.9. The van der Waals surface area contributed by atoms with Crippen LogP contribution in [0.5, 0.6) is 0 Å². The summed E-state index contributed by atoms with van der Waals surface area (Å²) in [5.41, 5.74) is 0.942. The lowest BCUT2D eigenvalue weighted by atomic mass is 9.89. The summed E-state index contributed by atoms with van der Waals surface area (Å²) in [5.74, 6) is -13.4. The van der Waals surface area contributed by atoms with Gasteiger partial charge in [-0.3, -0.25) is 57.7 Å². The fourth-order valence-electron chi connectivity index (χ4n) is 14.2. The van der Waals surface area contributed by atoms with Crippen molar-refractivity contribution in [1.82, 2.24) is 46.2 Å². The van der Waals surface area contributed by atoms with E-state index in [9.17, 15) is 103 Å². The zero-order chi connectivity index (χ0) is 85.9. The Hall–Kier alpha value is -8.93. The highest BCUT2D eigenvalue weighted by Crippen LogP contribution is 2.34. The quantitative estimate of drug-likeness (QED) is 0.0342. The maximum absolute atomic E-state index is 15.0. The van der Waals surface area contributed by atoms with Gasteiger partial charge in [-0.15, -0.1) is 0 Å². The van der Waals surface area contributed by atoms with Gasteiger partial charge in [-0.25, -0.2) is 14.4 Å². The summed E-state index contributed by atoms with van der Waals surface area (Å²) < 4.78 is 47.8. The molecule has 38 heteroatoms. The van der Waals surface area contributed by atoms with Crippen molar-refractivity contribution in [3.05, 3.63) is 65.7 Å². The first-order valence-electron chi connectivity index (χ1n) is 38.5. The molecule has 4 saturated heterocycles. The van der Waals surface area contributed by atoms with Crippen LogP contribution in [0.4, 0.5) is 10.5 Å². The number of methoxy groups -OCH3 is 2. The summed E-state index contributed by atoms with van der Waals surface area (Å²) in [6.07, 6.45) is -24.4. The van der Waals surface area contributed by atoms with Crippen LogP contribution in [0.2, 0.25) is 0 Å². The molecule has 0 aromatic heterocycles. The summed E-state index contributed by atoms with van der Waals surface area (Å²) in [7, 11) is 5.76. The number of nitrogens with one attached hydrogen (secondary N) is 6. The number of benzene rings is 2. The van der Waals surface area contributed by atoms with Crippen molar-refractivity contribution in [3.8, 4) is 0 Å². The number of carboxylic acid groups (broad SMARTS) is 2. The molecule has 0 radical (unpaired) electrons. The summed E-state index contributed by atoms with van der Waals surface area (Å²) in [6.45, 7) is 15.1. The van der Waals surface area contributed by atoms with Gasteiger partial charge in [0.1, 0.15) is 80.0 Å². The van der Waals surface area contributed by atoms with E-state index in [0.29, 0.717) is 41.8 Å². The Morgan fingerprint density at radius 3 is 1.80 bits per heavy atom. The van der Waals surface area contributed by atoms with Crippen molar-refractivity contribution >= 4 is 82.8 Å². The van der Waals surface area contributed by atoms with Crippen molar-refractivity contribution in [2.45, 2.75) is 243 Å². The van der Waals surface area contributed by atoms with Gasteiger partial charge in [-0.2, -0.15) is 0 Å². The molecule has 23 atom stereocenters. The molecule has 636 valence electrons. The molecule has 11 amide bonds. The van der Waals surface area contributed by atoms with Crippen molar-refractivity contribution in [3.63, 3.8) is 0 Å². The second-order valence-electron chi connectivity index (χ2n) is 30.1. The lowest BCUT2D eigenvalue weighted by Crippen LogP contribution is -2.61. The minimum atomic E-state index is -2.10. The van der Waals surface area contributed by atoms with E-state index in [-0.39, 0.29) is 43.5 Å². The van der Waals surface area contributed by atoms with E-state index in [4.69, 9.17) is 34.5 Å². The average molecular weight is 1620 g/mol. The molecule has 4 aliphatic heterocycles. The maximum Gasteiger partial charge on any atom is 0.410 e. The van der Waals surface area contributed by atoms with Crippen LogP contribution in [0, 0.1) is 29.6 Å². The molecule has 2 aromatic rings. The van der Waals surface area contributed by atoms with E-state index in [1.807, 2.05) is 13.8 Å². The Balaban J connectivity index is 1.08. The van der Waals surface area contributed by atoms with E-state index in [1.165, 1.54) is 50.4 Å². The molecule has 4 fully saturated rings. The predicted molar refractivity (Wildman–Crippen MR) is 399 cm³/mol. The molecule has 0 spiro atoms. The fourth-order valence-corrected chi connectivity index (χ4v) is 14.2. The third kappa shape index (κ3) is 24.3. The predicted octanol–water partition coefficient (Wildman–Crippen LogP) is -1.38. The monoisotopic (exact) mass is 1620 g/mol. The van der Waals surface area contributed by atoms with E-state index >= 15 is 0 Å². The van der Waals surface area contributed by atoms with Crippen molar-refractivity contribution in [2.75, 3.05) is 59.9 Å². The van der Waals surface area contributed by atoms with Crippen LogP contribution in [-0.4, -0.2) is 308 Å². The number of aliphatic hydroxyl groups excluding tert-OH is 6. The van der Waals surface area contributed by atoms with Crippen molar-refractivity contribution < 1.29 is 138 Å². The number of hydrogen-bond acceptors (Lipinski definition) is 26. The Morgan fingerprint density at radius 2 is 1.25 bits per heavy atom. The number of amides is 11. The number of aliphatic carboxylic acids is 2. The maximum atomic E-state index is 15.0. The van der Waals surface area contributed by atoms with Crippen LogP contribution in [0.25, 0.3) is 0 Å². The summed E-state index contributed by atoms with van der Waals surface area (Å²) >= 11 is 0. The van der Waals surface area contributed by atoms with E-state index < -0.39 is 243 Å². The molecule has 4 heterocycles. The molecular formula is C76H114N10O28. The Bertz CT molecular complexity index is 3680. The molecule has 1 unspecified atom stereocenters. The number of ether oxygens (including phenoxy) is 7. The first-order chi connectivity index (χ1) is 54.1. The zero-order valence-corrected chi connectivity index (χ0v) is 66.5. The van der Waals surface area contributed by atoms with Gasteiger partial charge in [0.2, 0.25) is 59.1 Å². The van der Waals surface area contributed by atoms with Crippen LogP contribution in [-0.2, 0) is 97.3 Å². The first kappa shape index (κ1) is 92.2. The number of hydrogen-bond donors (Lipinski definition) is 14. The van der Waals surface area contributed by atoms with Gasteiger partial charge < -0.3 is 116 Å². The van der Waals surface area contributed by atoms with Crippen molar-refractivity contribution in [2.24, 2.45) is 29.6 Å². The van der Waals surface area contributed by atoms with Crippen molar-refractivity contribution in [1.29, 1.82) is 0 Å². The van der Waals surface area contributed by atoms with Gasteiger partial charge >= 0.3 is 18.0 Å². The van der Waals surface area contributed by atoms with Crippen LogP contribution in [0.3, 0.4) is 0 Å². The number of rotatable bonds is 40. The third-order valence-electron chi connectivity index (χ3n) is 20.9. The third-order valence-corrected chi connectivity index (χ3v) is 20.9.